The fourth-order valence-corrected chi connectivity index (χ4v) is 3.96. The van der Waals surface area contributed by atoms with Gasteiger partial charge in [0.2, 0.25) is 0 Å². The molecule has 0 spiro atoms. The maximum Gasteiger partial charge on any atom is 0.189 e. The third kappa shape index (κ3) is 4.11. The molecule has 0 atom stereocenters. The fourth-order valence-electron chi connectivity index (χ4n) is 3.29. The summed E-state index contributed by atoms with van der Waals surface area (Å²) >= 11 is 18.9. The standard InChI is InChI=1S/C24H16Cl3NO/c25-18-12-9-16(10-13-18)15-28-21-8-4-2-6-19(21)23(24(28)27)22(29)14-11-17-5-1-3-7-20(17)26/h1-14H,15H2/b14-11+. The van der Waals surface area contributed by atoms with Crippen molar-refractivity contribution in [3.63, 3.8) is 0 Å². The molecule has 0 aliphatic heterocycles. The van der Waals surface area contributed by atoms with E-state index >= 15 is 0 Å². The number of hydrogen-bond acceptors (Lipinski definition) is 1. The van der Waals surface area contributed by atoms with Crippen LogP contribution in [0.4, 0.5) is 0 Å². The van der Waals surface area contributed by atoms with E-state index in [1.807, 2.05) is 71.3 Å². The van der Waals surface area contributed by atoms with Gasteiger partial charge in [0.15, 0.2) is 5.78 Å². The van der Waals surface area contributed by atoms with Crippen molar-refractivity contribution in [3.8, 4) is 0 Å². The lowest BCUT2D eigenvalue weighted by Crippen LogP contribution is -2.01. The van der Waals surface area contributed by atoms with Crippen molar-refractivity contribution in [1.82, 2.24) is 4.57 Å². The molecule has 144 valence electrons. The SMILES string of the molecule is O=C(/C=C/c1ccccc1Cl)c1c(Cl)n(Cc2ccc(Cl)cc2)c2ccccc12. The monoisotopic (exact) mass is 439 g/mol. The van der Waals surface area contributed by atoms with Gasteiger partial charge in [0.05, 0.1) is 11.1 Å². The normalized spacial score (nSPS) is 11.4. The lowest BCUT2D eigenvalue weighted by Gasteiger charge is -2.07. The number of carbonyl (C=O) groups excluding carboxylic acids is 1. The minimum Gasteiger partial charge on any atom is -0.327 e. The van der Waals surface area contributed by atoms with E-state index in [0.29, 0.717) is 27.3 Å². The van der Waals surface area contributed by atoms with Crippen molar-refractivity contribution in [3.05, 3.63) is 111 Å². The van der Waals surface area contributed by atoms with Gasteiger partial charge in [0, 0.05) is 22.0 Å². The van der Waals surface area contributed by atoms with E-state index in [2.05, 4.69) is 0 Å². The number of hydrogen-bond donors (Lipinski definition) is 0. The first-order valence-corrected chi connectivity index (χ1v) is 10.2. The summed E-state index contributed by atoms with van der Waals surface area (Å²) in [7, 11) is 0. The van der Waals surface area contributed by atoms with E-state index in [0.717, 1.165) is 22.0 Å². The van der Waals surface area contributed by atoms with Gasteiger partial charge >= 0.3 is 0 Å². The minimum atomic E-state index is -0.166. The average Bonchev–Trinajstić information content (AvgIpc) is 3.00. The Bertz CT molecular complexity index is 1220. The van der Waals surface area contributed by atoms with E-state index in [4.69, 9.17) is 34.8 Å². The molecule has 0 fully saturated rings. The zero-order chi connectivity index (χ0) is 20.4. The molecule has 1 heterocycles. The maximum absolute atomic E-state index is 13.0. The van der Waals surface area contributed by atoms with Gasteiger partial charge < -0.3 is 4.57 Å². The predicted octanol–water partition coefficient (Wildman–Crippen LogP) is 7.55. The summed E-state index contributed by atoms with van der Waals surface area (Å²) < 4.78 is 1.94. The molecule has 4 rings (SSSR count). The second-order valence-electron chi connectivity index (χ2n) is 6.61. The largest absolute Gasteiger partial charge is 0.327 e. The number of nitrogens with zero attached hydrogens (tertiary/aromatic N) is 1. The van der Waals surface area contributed by atoms with Gasteiger partial charge in [0.1, 0.15) is 5.15 Å². The molecule has 0 saturated carbocycles. The van der Waals surface area contributed by atoms with E-state index in [1.165, 1.54) is 6.08 Å². The smallest absolute Gasteiger partial charge is 0.189 e. The van der Waals surface area contributed by atoms with Crippen LogP contribution in [0.1, 0.15) is 21.5 Å². The van der Waals surface area contributed by atoms with Crippen LogP contribution in [0.25, 0.3) is 17.0 Å². The molecule has 4 aromatic rings. The number of carbonyl (C=O) groups is 1. The van der Waals surface area contributed by atoms with Crippen LogP contribution in [0.15, 0.2) is 78.9 Å². The van der Waals surface area contributed by atoms with E-state index in [-0.39, 0.29) is 5.78 Å². The third-order valence-electron chi connectivity index (χ3n) is 4.73. The minimum absolute atomic E-state index is 0.166. The van der Waals surface area contributed by atoms with Crippen molar-refractivity contribution in [1.29, 1.82) is 0 Å². The zero-order valence-electron chi connectivity index (χ0n) is 15.3. The average molecular weight is 441 g/mol. The summed E-state index contributed by atoms with van der Waals surface area (Å²) in [6, 6.07) is 22.7. The molecule has 3 aromatic carbocycles. The highest BCUT2D eigenvalue weighted by Gasteiger charge is 2.20. The molecule has 0 unspecified atom stereocenters. The number of benzene rings is 3. The van der Waals surface area contributed by atoms with Gasteiger partial charge in [-0.15, -0.1) is 0 Å². The van der Waals surface area contributed by atoms with Crippen molar-refractivity contribution in [2.24, 2.45) is 0 Å². The van der Waals surface area contributed by atoms with Gasteiger partial charge in [-0.05, 0) is 47.5 Å². The Morgan fingerprint density at radius 1 is 0.862 bits per heavy atom. The molecule has 0 bridgehead atoms. The highest BCUT2D eigenvalue weighted by atomic mass is 35.5. The lowest BCUT2D eigenvalue weighted by molar-refractivity contribution is 0.104. The van der Waals surface area contributed by atoms with Crippen LogP contribution in [-0.4, -0.2) is 10.4 Å². The quantitative estimate of drug-likeness (QED) is 0.232. The summed E-state index contributed by atoms with van der Waals surface area (Å²) in [5, 5.41) is 2.50. The molecule has 0 amide bonds. The third-order valence-corrected chi connectivity index (χ3v) is 5.72. The van der Waals surface area contributed by atoms with Crippen molar-refractivity contribution >= 4 is 57.6 Å². The molecular weight excluding hydrogens is 425 g/mol. The summed E-state index contributed by atoms with van der Waals surface area (Å²) in [4.78, 5) is 13.0. The molecule has 0 saturated heterocycles. The fraction of sp³-hybridized carbons (Fsp3) is 0.0417. The molecule has 0 radical (unpaired) electrons. The summed E-state index contributed by atoms with van der Waals surface area (Å²) in [5.74, 6) is -0.166. The van der Waals surface area contributed by atoms with Crippen LogP contribution in [0, 0.1) is 0 Å². The predicted molar refractivity (Wildman–Crippen MR) is 122 cm³/mol. The van der Waals surface area contributed by atoms with Crippen LogP contribution in [0.5, 0.6) is 0 Å². The molecular formula is C24H16Cl3NO. The van der Waals surface area contributed by atoms with Gasteiger partial charge in [-0.1, -0.05) is 83.3 Å². The second kappa shape index (κ2) is 8.46. The van der Waals surface area contributed by atoms with Crippen molar-refractivity contribution in [2.75, 3.05) is 0 Å². The van der Waals surface area contributed by atoms with E-state index in [1.54, 1.807) is 12.1 Å². The Kier molecular flexibility index (Phi) is 5.77. The molecule has 2 nitrogen and oxygen atoms in total. The first-order chi connectivity index (χ1) is 14.0. The van der Waals surface area contributed by atoms with Crippen molar-refractivity contribution < 1.29 is 4.79 Å². The Morgan fingerprint density at radius 2 is 1.55 bits per heavy atom. The maximum atomic E-state index is 13.0. The number of allylic oxidation sites excluding steroid dienone is 1. The molecule has 29 heavy (non-hydrogen) atoms. The summed E-state index contributed by atoms with van der Waals surface area (Å²) in [5.41, 5.74) is 3.22. The van der Waals surface area contributed by atoms with Crippen LogP contribution in [0.3, 0.4) is 0 Å². The summed E-state index contributed by atoms with van der Waals surface area (Å²) in [6.07, 6.45) is 3.23. The van der Waals surface area contributed by atoms with Crippen LogP contribution in [0.2, 0.25) is 15.2 Å². The first kappa shape index (κ1) is 19.8. The Morgan fingerprint density at radius 3 is 2.31 bits per heavy atom. The Balaban J connectivity index is 1.75. The van der Waals surface area contributed by atoms with Crippen molar-refractivity contribution in [2.45, 2.75) is 6.54 Å². The second-order valence-corrected chi connectivity index (χ2v) is 7.82. The molecule has 0 aliphatic carbocycles. The van der Waals surface area contributed by atoms with Crippen LogP contribution >= 0.6 is 34.8 Å². The lowest BCUT2D eigenvalue weighted by atomic mass is 10.1. The zero-order valence-corrected chi connectivity index (χ0v) is 17.5. The first-order valence-electron chi connectivity index (χ1n) is 9.02. The topological polar surface area (TPSA) is 22.0 Å². The number of aromatic nitrogens is 1. The van der Waals surface area contributed by atoms with Gasteiger partial charge in [-0.2, -0.15) is 0 Å². The number of fused-ring (bicyclic) bond motifs is 1. The molecule has 0 N–H and O–H groups in total. The molecule has 1 aromatic heterocycles. The summed E-state index contributed by atoms with van der Waals surface area (Å²) in [6.45, 7) is 0.540. The van der Waals surface area contributed by atoms with E-state index in [9.17, 15) is 4.79 Å². The number of ketones is 1. The highest BCUT2D eigenvalue weighted by Crippen LogP contribution is 2.32. The van der Waals surface area contributed by atoms with Crippen LogP contribution < -0.4 is 0 Å². The van der Waals surface area contributed by atoms with Gasteiger partial charge in [-0.25, -0.2) is 0 Å². The number of rotatable bonds is 5. The number of halogens is 3. The molecule has 5 heteroatoms. The van der Waals surface area contributed by atoms with Crippen LogP contribution in [-0.2, 0) is 6.54 Å². The van der Waals surface area contributed by atoms with Gasteiger partial charge in [0.25, 0.3) is 0 Å². The Hall–Kier alpha value is -2.52. The van der Waals surface area contributed by atoms with E-state index < -0.39 is 0 Å². The molecule has 0 aliphatic rings. The number of para-hydroxylation sites is 1. The Labute approximate surface area is 183 Å². The highest BCUT2D eigenvalue weighted by molar-refractivity contribution is 6.37. The van der Waals surface area contributed by atoms with Gasteiger partial charge in [-0.3, -0.25) is 4.79 Å².